The van der Waals surface area contributed by atoms with Crippen LogP contribution in [0.3, 0.4) is 0 Å². The molecule has 19 heavy (non-hydrogen) atoms. The van der Waals surface area contributed by atoms with Crippen LogP contribution in [0.5, 0.6) is 0 Å². The van der Waals surface area contributed by atoms with E-state index in [4.69, 9.17) is 0 Å². The third kappa shape index (κ3) is 3.61. The summed E-state index contributed by atoms with van der Waals surface area (Å²) in [4.78, 5) is 11.7. The minimum absolute atomic E-state index is 0.259. The van der Waals surface area contributed by atoms with Gasteiger partial charge >= 0.3 is 0 Å². The topological polar surface area (TPSA) is 46.9 Å². The molecule has 0 unspecified atom stereocenters. The molecule has 100 valence electrons. The second kappa shape index (κ2) is 5.60. The normalized spacial score (nSPS) is 10.5. The van der Waals surface area contributed by atoms with Crippen LogP contribution in [0.4, 0.5) is 8.78 Å². The fourth-order valence-electron chi connectivity index (χ4n) is 1.72. The van der Waals surface area contributed by atoms with Crippen molar-refractivity contribution in [2.24, 2.45) is 7.05 Å². The van der Waals surface area contributed by atoms with Gasteiger partial charge in [0.15, 0.2) is 0 Å². The van der Waals surface area contributed by atoms with Crippen molar-refractivity contribution < 1.29 is 13.6 Å². The van der Waals surface area contributed by atoms with E-state index in [0.29, 0.717) is 24.1 Å². The second-order valence-electron chi connectivity index (χ2n) is 4.19. The Morgan fingerprint density at radius 1 is 1.32 bits per heavy atom. The van der Waals surface area contributed by atoms with Crippen molar-refractivity contribution in [3.8, 4) is 0 Å². The molecule has 0 saturated heterocycles. The molecule has 1 N–H and O–H groups in total. The van der Waals surface area contributed by atoms with E-state index in [-0.39, 0.29) is 5.91 Å². The molecule has 4 nitrogen and oxygen atoms in total. The van der Waals surface area contributed by atoms with Gasteiger partial charge in [-0.2, -0.15) is 5.10 Å². The molecule has 0 aliphatic rings. The number of nitrogens with one attached hydrogen (secondary N) is 1. The number of benzene rings is 1. The third-order valence-electron chi connectivity index (χ3n) is 2.59. The molecule has 0 aliphatic carbocycles. The van der Waals surface area contributed by atoms with Gasteiger partial charge in [-0.3, -0.25) is 9.48 Å². The SMILES string of the molecule is Cn1cc(C(=O)NCCc2cc(F)cc(F)c2)cn1. The fourth-order valence-corrected chi connectivity index (χ4v) is 1.72. The first kappa shape index (κ1) is 13.2. The number of amides is 1. The lowest BCUT2D eigenvalue weighted by molar-refractivity contribution is 0.0954. The lowest BCUT2D eigenvalue weighted by Gasteiger charge is -2.04. The van der Waals surface area contributed by atoms with Crippen molar-refractivity contribution in [2.45, 2.75) is 6.42 Å². The Kier molecular flexibility index (Phi) is 3.89. The Hall–Kier alpha value is -2.24. The average Bonchev–Trinajstić information content (AvgIpc) is 2.74. The van der Waals surface area contributed by atoms with Gasteiger partial charge in [0.05, 0.1) is 11.8 Å². The number of carbonyl (C=O) groups is 1. The van der Waals surface area contributed by atoms with Crippen LogP contribution in [-0.2, 0) is 13.5 Å². The predicted octanol–water partition coefficient (Wildman–Crippen LogP) is 1.67. The van der Waals surface area contributed by atoms with Crippen molar-refractivity contribution in [3.63, 3.8) is 0 Å². The molecule has 6 heteroatoms. The molecule has 0 bridgehead atoms. The molecule has 0 fully saturated rings. The number of halogens is 2. The first-order chi connectivity index (χ1) is 9.04. The molecular formula is C13H13F2N3O. The van der Waals surface area contributed by atoms with Gasteiger partial charge in [0.2, 0.25) is 0 Å². The molecule has 1 amide bonds. The highest BCUT2D eigenvalue weighted by Crippen LogP contribution is 2.08. The zero-order chi connectivity index (χ0) is 13.8. The Morgan fingerprint density at radius 2 is 2.00 bits per heavy atom. The summed E-state index contributed by atoms with van der Waals surface area (Å²) in [6.45, 7) is 0.302. The van der Waals surface area contributed by atoms with Gasteiger partial charge in [0.25, 0.3) is 5.91 Å². The Labute approximate surface area is 109 Å². The highest BCUT2D eigenvalue weighted by Gasteiger charge is 2.07. The molecule has 0 spiro atoms. The average molecular weight is 265 g/mol. The van der Waals surface area contributed by atoms with Crippen LogP contribution >= 0.6 is 0 Å². The molecule has 1 heterocycles. The molecule has 0 radical (unpaired) electrons. The minimum Gasteiger partial charge on any atom is -0.352 e. The van der Waals surface area contributed by atoms with E-state index in [2.05, 4.69) is 10.4 Å². The Balaban J connectivity index is 1.88. The van der Waals surface area contributed by atoms with Gasteiger partial charge in [0.1, 0.15) is 11.6 Å². The van der Waals surface area contributed by atoms with Crippen LogP contribution in [0.1, 0.15) is 15.9 Å². The monoisotopic (exact) mass is 265 g/mol. The standard InChI is InChI=1S/C13H13F2N3O/c1-18-8-10(7-17-18)13(19)16-3-2-9-4-11(14)6-12(15)5-9/h4-8H,2-3H2,1H3,(H,16,19). The van der Waals surface area contributed by atoms with E-state index in [9.17, 15) is 13.6 Å². The van der Waals surface area contributed by atoms with Crippen molar-refractivity contribution in [2.75, 3.05) is 6.54 Å². The number of nitrogens with zero attached hydrogens (tertiary/aromatic N) is 2. The molecule has 2 aromatic rings. The zero-order valence-electron chi connectivity index (χ0n) is 10.4. The molecule has 1 aromatic carbocycles. The molecular weight excluding hydrogens is 252 g/mol. The quantitative estimate of drug-likeness (QED) is 0.914. The highest BCUT2D eigenvalue weighted by atomic mass is 19.1. The van der Waals surface area contributed by atoms with Gasteiger partial charge < -0.3 is 5.32 Å². The summed E-state index contributed by atoms with van der Waals surface area (Å²) >= 11 is 0. The van der Waals surface area contributed by atoms with Crippen LogP contribution in [-0.4, -0.2) is 22.2 Å². The molecule has 0 saturated carbocycles. The predicted molar refractivity (Wildman–Crippen MR) is 65.6 cm³/mol. The van der Waals surface area contributed by atoms with E-state index in [1.54, 1.807) is 13.2 Å². The van der Waals surface area contributed by atoms with Gasteiger partial charge in [0, 0.05) is 25.9 Å². The minimum atomic E-state index is -0.617. The first-order valence-electron chi connectivity index (χ1n) is 5.76. The van der Waals surface area contributed by atoms with Crippen molar-refractivity contribution >= 4 is 5.91 Å². The van der Waals surface area contributed by atoms with Gasteiger partial charge in [-0.25, -0.2) is 8.78 Å². The van der Waals surface area contributed by atoms with Crippen LogP contribution in [0.2, 0.25) is 0 Å². The van der Waals surface area contributed by atoms with E-state index in [1.165, 1.54) is 23.0 Å². The number of hydrogen-bond acceptors (Lipinski definition) is 2. The van der Waals surface area contributed by atoms with E-state index in [0.717, 1.165) is 6.07 Å². The van der Waals surface area contributed by atoms with Crippen LogP contribution in [0.15, 0.2) is 30.6 Å². The number of rotatable bonds is 4. The molecule has 0 aliphatic heterocycles. The lowest BCUT2D eigenvalue weighted by atomic mass is 10.1. The summed E-state index contributed by atoms with van der Waals surface area (Å²) in [5.41, 5.74) is 0.955. The van der Waals surface area contributed by atoms with Crippen molar-refractivity contribution in [3.05, 3.63) is 53.4 Å². The Bertz CT molecular complexity index is 575. The van der Waals surface area contributed by atoms with Crippen LogP contribution < -0.4 is 5.32 Å². The largest absolute Gasteiger partial charge is 0.352 e. The maximum atomic E-state index is 12.9. The lowest BCUT2D eigenvalue weighted by Crippen LogP contribution is -2.25. The highest BCUT2D eigenvalue weighted by molar-refractivity contribution is 5.93. The van der Waals surface area contributed by atoms with Crippen molar-refractivity contribution in [1.82, 2.24) is 15.1 Å². The number of carbonyl (C=O) groups excluding carboxylic acids is 1. The third-order valence-corrected chi connectivity index (χ3v) is 2.59. The van der Waals surface area contributed by atoms with Crippen LogP contribution in [0.25, 0.3) is 0 Å². The summed E-state index contributed by atoms with van der Waals surface area (Å²) in [6.07, 6.45) is 3.41. The zero-order valence-corrected chi connectivity index (χ0v) is 10.4. The number of hydrogen-bond donors (Lipinski definition) is 1. The summed E-state index contributed by atoms with van der Waals surface area (Å²) in [5.74, 6) is -1.49. The number of aromatic nitrogens is 2. The summed E-state index contributed by atoms with van der Waals surface area (Å²) in [7, 11) is 1.71. The summed E-state index contributed by atoms with van der Waals surface area (Å²) < 4.78 is 27.4. The second-order valence-corrected chi connectivity index (χ2v) is 4.19. The van der Waals surface area contributed by atoms with E-state index in [1.807, 2.05) is 0 Å². The van der Waals surface area contributed by atoms with Gasteiger partial charge in [-0.05, 0) is 24.1 Å². The fraction of sp³-hybridized carbons (Fsp3) is 0.231. The maximum Gasteiger partial charge on any atom is 0.254 e. The van der Waals surface area contributed by atoms with E-state index < -0.39 is 11.6 Å². The Morgan fingerprint density at radius 3 is 2.58 bits per heavy atom. The smallest absolute Gasteiger partial charge is 0.254 e. The molecule has 0 atom stereocenters. The van der Waals surface area contributed by atoms with Crippen molar-refractivity contribution in [1.29, 1.82) is 0 Å². The van der Waals surface area contributed by atoms with Gasteiger partial charge in [-0.1, -0.05) is 0 Å². The van der Waals surface area contributed by atoms with Gasteiger partial charge in [-0.15, -0.1) is 0 Å². The summed E-state index contributed by atoms with van der Waals surface area (Å²) in [6, 6.07) is 3.32. The van der Waals surface area contributed by atoms with Crippen LogP contribution in [0, 0.1) is 11.6 Å². The molecule has 2 rings (SSSR count). The summed E-state index contributed by atoms with van der Waals surface area (Å²) in [5, 5.41) is 6.55. The first-order valence-corrected chi connectivity index (χ1v) is 5.76. The number of aryl methyl sites for hydroxylation is 1. The molecule has 1 aromatic heterocycles. The maximum absolute atomic E-state index is 12.9. The van der Waals surface area contributed by atoms with E-state index >= 15 is 0 Å².